The second-order valence-electron chi connectivity index (χ2n) is 4.66. The standard InChI is InChI=1S/C11H21N/c1-10-4-3-8-12(9-7-10)11-5-2-6-11/h10-11H,2-9H2,1H3/t10-/m1/s1. The van der Waals surface area contributed by atoms with Gasteiger partial charge >= 0.3 is 0 Å². The highest BCUT2D eigenvalue weighted by atomic mass is 15.2. The van der Waals surface area contributed by atoms with Gasteiger partial charge in [-0.3, -0.25) is 0 Å². The zero-order valence-corrected chi connectivity index (χ0v) is 8.26. The summed E-state index contributed by atoms with van der Waals surface area (Å²) in [4.78, 5) is 2.74. The third-order valence-electron chi connectivity index (χ3n) is 3.64. The second-order valence-corrected chi connectivity index (χ2v) is 4.66. The van der Waals surface area contributed by atoms with Gasteiger partial charge in [-0.15, -0.1) is 0 Å². The normalized spacial score (nSPS) is 34.2. The van der Waals surface area contributed by atoms with Crippen molar-refractivity contribution in [3.05, 3.63) is 0 Å². The summed E-state index contributed by atoms with van der Waals surface area (Å²) in [5.74, 6) is 0.982. The van der Waals surface area contributed by atoms with Gasteiger partial charge in [0.1, 0.15) is 0 Å². The van der Waals surface area contributed by atoms with Crippen LogP contribution in [0.25, 0.3) is 0 Å². The molecule has 12 heavy (non-hydrogen) atoms. The monoisotopic (exact) mass is 167 g/mol. The van der Waals surface area contributed by atoms with E-state index in [1.807, 2.05) is 0 Å². The summed E-state index contributed by atoms with van der Waals surface area (Å²) < 4.78 is 0. The molecule has 0 aromatic heterocycles. The Bertz CT molecular complexity index is 140. The van der Waals surface area contributed by atoms with Crippen LogP contribution in [0.3, 0.4) is 0 Å². The molecule has 1 heterocycles. The van der Waals surface area contributed by atoms with E-state index in [2.05, 4.69) is 11.8 Å². The van der Waals surface area contributed by atoms with E-state index in [1.54, 1.807) is 0 Å². The van der Waals surface area contributed by atoms with Gasteiger partial charge in [0.15, 0.2) is 0 Å². The van der Waals surface area contributed by atoms with Gasteiger partial charge < -0.3 is 4.90 Å². The number of hydrogen-bond acceptors (Lipinski definition) is 1. The van der Waals surface area contributed by atoms with Crippen LogP contribution in [0.1, 0.15) is 45.4 Å². The molecule has 0 N–H and O–H groups in total. The minimum absolute atomic E-state index is 0.982. The highest BCUT2D eigenvalue weighted by Crippen LogP contribution is 2.27. The molecule has 1 saturated carbocycles. The molecule has 0 aromatic rings. The summed E-state index contributed by atoms with van der Waals surface area (Å²) in [5.41, 5.74) is 0. The van der Waals surface area contributed by atoms with Gasteiger partial charge in [0, 0.05) is 6.04 Å². The van der Waals surface area contributed by atoms with Crippen LogP contribution in [0.15, 0.2) is 0 Å². The van der Waals surface area contributed by atoms with E-state index in [4.69, 9.17) is 0 Å². The van der Waals surface area contributed by atoms with Crippen molar-refractivity contribution in [3.63, 3.8) is 0 Å². The molecule has 0 bridgehead atoms. The van der Waals surface area contributed by atoms with Gasteiger partial charge in [-0.1, -0.05) is 13.3 Å². The Labute approximate surface area is 76.1 Å². The van der Waals surface area contributed by atoms with E-state index in [0.29, 0.717) is 0 Å². The van der Waals surface area contributed by atoms with Gasteiger partial charge in [-0.05, 0) is 51.1 Å². The Morgan fingerprint density at radius 1 is 0.917 bits per heavy atom. The van der Waals surface area contributed by atoms with E-state index in [9.17, 15) is 0 Å². The molecule has 0 aromatic carbocycles. The largest absolute Gasteiger partial charge is 0.300 e. The van der Waals surface area contributed by atoms with Gasteiger partial charge in [-0.2, -0.15) is 0 Å². The molecule has 0 amide bonds. The smallest absolute Gasteiger partial charge is 0.00952 e. The predicted molar refractivity (Wildman–Crippen MR) is 52.2 cm³/mol. The summed E-state index contributed by atoms with van der Waals surface area (Å²) in [5, 5.41) is 0. The summed E-state index contributed by atoms with van der Waals surface area (Å²) in [6.07, 6.45) is 8.79. The van der Waals surface area contributed by atoms with E-state index < -0.39 is 0 Å². The lowest BCUT2D eigenvalue weighted by atomic mass is 9.91. The van der Waals surface area contributed by atoms with Crippen molar-refractivity contribution < 1.29 is 0 Å². The number of hydrogen-bond donors (Lipinski definition) is 0. The third-order valence-corrected chi connectivity index (χ3v) is 3.64. The molecular formula is C11H21N. The summed E-state index contributed by atoms with van der Waals surface area (Å²) in [6, 6.07) is 0.982. The van der Waals surface area contributed by atoms with E-state index in [1.165, 1.54) is 51.6 Å². The minimum Gasteiger partial charge on any atom is -0.300 e. The van der Waals surface area contributed by atoms with Crippen molar-refractivity contribution in [2.24, 2.45) is 5.92 Å². The first-order valence-electron chi connectivity index (χ1n) is 5.60. The molecule has 1 heteroatoms. The third kappa shape index (κ3) is 1.82. The fourth-order valence-corrected chi connectivity index (χ4v) is 2.40. The van der Waals surface area contributed by atoms with Crippen molar-refractivity contribution in [1.82, 2.24) is 4.90 Å². The maximum atomic E-state index is 2.74. The Morgan fingerprint density at radius 2 is 1.75 bits per heavy atom. The molecule has 0 radical (unpaired) electrons. The summed E-state index contributed by atoms with van der Waals surface area (Å²) in [6.45, 7) is 5.17. The summed E-state index contributed by atoms with van der Waals surface area (Å²) >= 11 is 0. The Balaban J connectivity index is 1.81. The molecule has 1 aliphatic carbocycles. The quantitative estimate of drug-likeness (QED) is 0.580. The Kier molecular flexibility index (Phi) is 2.69. The van der Waals surface area contributed by atoms with Crippen LogP contribution in [-0.2, 0) is 0 Å². The molecule has 2 rings (SSSR count). The first-order valence-corrected chi connectivity index (χ1v) is 5.60. The molecule has 2 aliphatic rings. The molecule has 1 saturated heterocycles. The van der Waals surface area contributed by atoms with Crippen molar-refractivity contribution in [2.45, 2.75) is 51.5 Å². The van der Waals surface area contributed by atoms with E-state index in [-0.39, 0.29) is 0 Å². The average molecular weight is 167 g/mol. The maximum absolute atomic E-state index is 2.74. The lowest BCUT2D eigenvalue weighted by molar-refractivity contribution is 0.131. The fraction of sp³-hybridized carbons (Fsp3) is 1.00. The van der Waals surface area contributed by atoms with Crippen molar-refractivity contribution >= 4 is 0 Å². The van der Waals surface area contributed by atoms with E-state index >= 15 is 0 Å². The topological polar surface area (TPSA) is 3.24 Å². The SMILES string of the molecule is C[C@@H]1CCCN(C2CCC2)CC1. The molecule has 0 unspecified atom stereocenters. The minimum atomic E-state index is 0.982. The van der Waals surface area contributed by atoms with Gasteiger partial charge in [0.05, 0.1) is 0 Å². The van der Waals surface area contributed by atoms with Crippen LogP contribution in [-0.4, -0.2) is 24.0 Å². The van der Waals surface area contributed by atoms with Crippen LogP contribution in [0.5, 0.6) is 0 Å². The van der Waals surface area contributed by atoms with Gasteiger partial charge in [0.25, 0.3) is 0 Å². The maximum Gasteiger partial charge on any atom is 0.00952 e. The lowest BCUT2D eigenvalue weighted by Crippen LogP contribution is -2.40. The molecule has 1 atom stereocenters. The van der Waals surface area contributed by atoms with Gasteiger partial charge in [-0.25, -0.2) is 0 Å². The van der Waals surface area contributed by atoms with Crippen LogP contribution in [0.4, 0.5) is 0 Å². The first-order chi connectivity index (χ1) is 5.86. The van der Waals surface area contributed by atoms with Crippen LogP contribution in [0.2, 0.25) is 0 Å². The van der Waals surface area contributed by atoms with Crippen molar-refractivity contribution in [1.29, 1.82) is 0 Å². The average Bonchev–Trinajstić information content (AvgIpc) is 2.12. The molecular weight excluding hydrogens is 146 g/mol. The number of rotatable bonds is 1. The van der Waals surface area contributed by atoms with E-state index in [0.717, 1.165) is 12.0 Å². The molecule has 2 fully saturated rings. The highest BCUT2D eigenvalue weighted by molar-refractivity contribution is 4.81. The molecule has 0 spiro atoms. The molecule has 1 nitrogen and oxygen atoms in total. The lowest BCUT2D eigenvalue weighted by Gasteiger charge is -2.36. The fourth-order valence-electron chi connectivity index (χ4n) is 2.40. The molecule has 1 aliphatic heterocycles. The van der Waals surface area contributed by atoms with Gasteiger partial charge in [0.2, 0.25) is 0 Å². The van der Waals surface area contributed by atoms with Crippen LogP contribution >= 0.6 is 0 Å². The summed E-state index contributed by atoms with van der Waals surface area (Å²) in [7, 11) is 0. The first kappa shape index (κ1) is 8.55. The van der Waals surface area contributed by atoms with Crippen molar-refractivity contribution in [2.75, 3.05) is 13.1 Å². The Morgan fingerprint density at radius 3 is 2.42 bits per heavy atom. The van der Waals surface area contributed by atoms with Crippen molar-refractivity contribution in [3.8, 4) is 0 Å². The Hall–Kier alpha value is -0.0400. The highest BCUT2D eigenvalue weighted by Gasteiger charge is 2.25. The van der Waals surface area contributed by atoms with Crippen LogP contribution in [0, 0.1) is 5.92 Å². The van der Waals surface area contributed by atoms with Crippen LogP contribution < -0.4 is 0 Å². The molecule has 70 valence electrons. The number of likely N-dealkylation sites (tertiary alicyclic amines) is 1. The predicted octanol–water partition coefficient (Wildman–Crippen LogP) is 2.66. The number of nitrogens with zero attached hydrogens (tertiary/aromatic N) is 1. The second kappa shape index (κ2) is 3.78. The zero-order valence-electron chi connectivity index (χ0n) is 8.26. The zero-order chi connectivity index (χ0) is 8.39.